The summed E-state index contributed by atoms with van der Waals surface area (Å²) >= 11 is 5.44. The van der Waals surface area contributed by atoms with Crippen LogP contribution in [0.15, 0.2) is 120 Å². The molecule has 0 unspecified atom stereocenters. The molecule has 4 rings (SSSR count). The molecule has 210 valence electrons. The number of benzene rings is 4. The zero-order valence-corrected chi connectivity index (χ0v) is 27.7. The molecule has 40 heavy (non-hydrogen) atoms. The van der Waals surface area contributed by atoms with Crippen molar-refractivity contribution in [1.29, 1.82) is 0 Å². The Morgan fingerprint density at radius 2 is 0.700 bits per heavy atom. The van der Waals surface area contributed by atoms with Crippen LogP contribution in [0.2, 0.25) is 0 Å². The SMILES string of the molecule is CC(C)(C)Oc1ccc(Sc2cc(Sc3ccc(C(C)(C)C)cc3)cc(Sc3ccc(C(C)(C)C)cc3)c2)cc1. The van der Waals surface area contributed by atoms with Gasteiger partial charge in [0.2, 0.25) is 0 Å². The lowest BCUT2D eigenvalue weighted by molar-refractivity contribution is 0.131. The Morgan fingerprint density at radius 1 is 0.400 bits per heavy atom. The molecule has 0 aliphatic heterocycles. The second kappa shape index (κ2) is 12.3. The number of hydrogen-bond acceptors (Lipinski definition) is 4. The van der Waals surface area contributed by atoms with Crippen LogP contribution < -0.4 is 4.74 Å². The Balaban J connectivity index is 1.60. The summed E-state index contributed by atoms with van der Waals surface area (Å²) in [5, 5.41) is 0. The van der Waals surface area contributed by atoms with Gasteiger partial charge in [-0.15, -0.1) is 0 Å². The van der Waals surface area contributed by atoms with Crippen molar-refractivity contribution in [3.8, 4) is 5.75 Å². The lowest BCUT2D eigenvalue weighted by Crippen LogP contribution is -2.22. The van der Waals surface area contributed by atoms with Crippen LogP contribution in [0.1, 0.15) is 73.4 Å². The van der Waals surface area contributed by atoms with E-state index in [0.717, 1.165) is 5.75 Å². The van der Waals surface area contributed by atoms with E-state index >= 15 is 0 Å². The van der Waals surface area contributed by atoms with Crippen molar-refractivity contribution in [3.63, 3.8) is 0 Å². The molecule has 0 heterocycles. The van der Waals surface area contributed by atoms with Crippen LogP contribution in [0.5, 0.6) is 5.75 Å². The lowest BCUT2D eigenvalue weighted by Gasteiger charge is -2.21. The quantitative estimate of drug-likeness (QED) is 0.213. The smallest absolute Gasteiger partial charge is 0.120 e. The van der Waals surface area contributed by atoms with Gasteiger partial charge in [0.25, 0.3) is 0 Å². The Morgan fingerprint density at radius 3 is 0.975 bits per heavy atom. The minimum Gasteiger partial charge on any atom is -0.488 e. The lowest BCUT2D eigenvalue weighted by atomic mass is 9.87. The van der Waals surface area contributed by atoms with E-state index < -0.39 is 0 Å². The van der Waals surface area contributed by atoms with E-state index in [-0.39, 0.29) is 16.4 Å². The Hall–Kier alpha value is -2.27. The van der Waals surface area contributed by atoms with Crippen LogP contribution in [0.4, 0.5) is 0 Å². The van der Waals surface area contributed by atoms with Gasteiger partial charge in [0.05, 0.1) is 0 Å². The largest absolute Gasteiger partial charge is 0.488 e. The van der Waals surface area contributed by atoms with Gasteiger partial charge in [-0.2, -0.15) is 0 Å². The maximum Gasteiger partial charge on any atom is 0.120 e. The van der Waals surface area contributed by atoms with Crippen LogP contribution in [-0.4, -0.2) is 5.60 Å². The minimum absolute atomic E-state index is 0.152. The molecule has 0 atom stereocenters. The van der Waals surface area contributed by atoms with E-state index in [2.05, 4.69) is 153 Å². The van der Waals surface area contributed by atoms with E-state index in [9.17, 15) is 0 Å². The summed E-state index contributed by atoms with van der Waals surface area (Å²) in [6, 6.07) is 33.4. The Labute approximate surface area is 254 Å². The highest BCUT2D eigenvalue weighted by atomic mass is 32.2. The highest BCUT2D eigenvalue weighted by Gasteiger charge is 2.15. The molecule has 0 spiro atoms. The van der Waals surface area contributed by atoms with Gasteiger partial charge < -0.3 is 4.74 Å². The maximum atomic E-state index is 6.02. The molecule has 0 N–H and O–H groups in total. The summed E-state index contributed by atoms with van der Waals surface area (Å²) in [5.74, 6) is 0.898. The summed E-state index contributed by atoms with van der Waals surface area (Å²) in [6.45, 7) is 19.8. The highest BCUT2D eigenvalue weighted by molar-refractivity contribution is 8.01. The predicted octanol–water partition coefficient (Wildman–Crippen LogP) is 11.9. The van der Waals surface area contributed by atoms with Crippen molar-refractivity contribution in [2.24, 2.45) is 0 Å². The van der Waals surface area contributed by atoms with Gasteiger partial charge >= 0.3 is 0 Å². The summed E-state index contributed by atoms with van der Waals surface area (Å²) in [5.41, 5.74) is 2.81. The topological polar surface area (TPSA) is 9.23 Å². The molecule has 0 saturated heterocycles. The molecule has 0 aromatic heterocycles. The number of rotatable bonds is 7. The zero-order valence-electron chi connectivity index (χ0n) is 25.3. The van der Waals surface area contributed by atoms with Crippen molar-refractivity contribution >= 4 is 35.3 Å². The average molecular weight is 587 g/mol. The van der Waals surface area contributed by atoms with Crippen LogP contribution in [-0.2, 0) is 10.8 Å². The van der Waals surface area contributed by atoms with Crippen molar-refractivity contribution in [3.05, 3.63) is 102 Å². The third kappa shape index (κ3) is 9.12. The Bertz CT molecular complexity index is 1320. The molecule has 0 aliphatic carbocycles. The van der Waals surface area contributed by atoms with Crippen LogP contribution >= 0.6 is 35.3 Å². The third-order valence-corrected chi connectivity index (χ3v) is 9.19. The van der Waals surface area contributed by atoms with Crippen molar-refractivity contribution in [2.45, 2.75) is 108 Å². The second-order valence-corrected chi connectivity index (χ2v) is 16.6. The molecule has 1 nitrogen and oxygen atoms in total. The fraction of sp³-hybridized carbons (Fsp3) is 0.333. The van der Waals surface area contributed by atoms with E-state index in [1.54, 1.807) is 11.8 Å². The third-order valence-electron chi connectivity index (χ3n) is 6.25. The first-order valence-corrected chi connectivity index (χ1v) is 16.3. The molecule has 0 bridgehead atoms. The first-order chi connectivity index (χ1) is 18.6. The first-order valence-electron chi connectivity index (χ1n) is 13.8. The van der Waals surface area contributed by atoms with Crippen LogP contribution in [0.25, 0.3) is 0 Å². The number of ether oxygens (including phenoxy) is 1. The standard InChI is InChI=1S/C36H42OS3/c1-34(2,3)25-10-16-28(17-11-25)38-31-22-32(39-29-18-12-26(13-19-29)35(4,5)6)24-33(23-31)40-30-20-14-27(15-21-30)37-36(7,8)9/h10-24H,1-9H3. The van der Waals surface area contributed by atoms with Gasteiger partial charge in [-0.05, 0) is 109 Å². The summed E-state index contributed by atoms with van der Waals surface area (Å²) in [7, 11) is 0. The highest BCUT2D eigenvalue weighted by Crippen LogP contribution is 2.40. The van der Waals surface area contributed by atoms with Gasteiger partial charge in [0, 0.05) is 29.4 Å². The fourth-order valence-corrected chi connectivity index (χ4v) is 7.08. The first kappa shape index (κ1) is 30.7. The monoisotopic (exact) mass is 586 g/mol. The van der Waals surface area contributed by atoms with Gasteiger partial charge in [0.1, 0.15) is 11.4 Å². The molecule has 0 saturated carbocycles. The molecule has 4 aromatic carbocycles. The molecular weight excluding hydrogens is 545 g/mol. The van der Waals surface area contributed by atoms with Gasteiger partial charge in [-0.3, -0.25) is 0 Å². The second-order valence-electron chi connectivity index (χ2n) is 13.2. The van der Waals surface area contributed by atoms with Crippen molar-refractivity contribution in [1.82, 2.24) is 0 Å². The van der Waals surface area contributed by atoms with Crippen molar-refractivity contribution < 1.29 is 4.74 Å². The molecule has 0 amide bonds. The zero-order chi connectivity index (χ0) is 29.1. The molecule has 0 fully saturated rings. The van der Waals surface area contributed by atoms with Gasteiger partial charge in [-0.25, -0.2) is 0 Å². The number of hydrogen-bond donors (Lipinski definition) is 0. The summed E-state index contributed by atoms with van der Waals surface area (Å²) in [6.07, 6.45) is 0. The Kier molecular flexibility index (Phi) is 9.44. The maximum absolute atomic E-state index is 6.02. The molecule has 4 aromatic rings. The van der Waals surface area contributed by atoms with Gasteiger partial charge in [0.15, 0.2) is 0 Å². The summed E-state index contributed by atoms with van der Waals surface area (Å²) < 4.78 is 6.02. The molecule has 0 radical (unpaired) electrons. The predicted molar refractivity (Wildman–Crippen MR) is 176 cm³/mol. The van der Waals surface area contributed by atoms with E-state index in [1.165, 1.54) is 40.5 Å². The fourth-order valence-electron chi connectivity index (χ4n) is 4.11. The average Bonchev–Trinajstić information content (AvgIpc) is 2.84. The molecular formula is C36H42OS3. The summed E-state index contributed by atoms with van der Waals surface area (Å²) in [4.78, 5) is 7.43. The van der Waals surface area contributed by atoms with Crippen LogP contribution in [0, 0.1) is 0 Å². The van der Waals surface area contributed by atoms with Gasteiger partial charge in [-0.1, -0.05) is 101 Å². The minimum atomic E-state index is -0.206. The van der Waals surface area contributed by atoms with E-state index in [4.69, 9.17) is 4.74 Å². The van der Waals surface area contributed by atoms with Crippen molar-refractivity contribution in [2.75, 3.05) is 0 Å². The molecule has 0 aliphatic rings. The van der Waals surface area contributed by atoms with E-state index in [0.29, 0.717) is 0 Å². The van der Waals surface area contributed by atoms with Crippen LogP contribution in [0.3, 0.4) is 0 Å². The van der Waals surface area contributed by atoms with E-state index in [1.807, 2.05) is 23.5 Å². The normalized spacial score (nSPS) is 12.4. The molecule has 4 heteroatoms.